The predicted octanol–water partition coefficient (Wildman–Crippen LogP) is 4.11. The number of nitro benzene ring substituents is 1. The summed E-state index contributed by atoms with van der Waals surface area (Å²) in [7, 11) is 1.54. The number of amides is 1. The molecule has 3 rings (SSSR count). The molecule has 0 unspecified atom stereocenters. The Morgan fingerprint density at radius 1 is 1.24 bits per heavy atom. The molecule has 10 nitrogen and oxygen atoms in total. The summed E-state index contributed by atoms with van der Waals surface area (Å²) in [5.74, 6) is -1.16. The first-order chi connectivity index (χ1) is 15.7. The van der Waals surface area contributed by atoms with Gasteiger partial charge in [0.15, 0.2) is 16.7 Å². The fraction of sp³-hybridized carbons (Fsp3) is 0.227. The van der Waals surface area contributed by atoms with Crippen LogP contribution in [-0.4, -0.2) is 52.2 Å². The number of aromatic hydroxyl groups is 1. The Morgan fingerprint density at radius 2 is 1.94 bits per heavy atom. The number of nitro groups is 1. The summed E-state index contributed by atoms with van der Waals surface area (Å²) in [5.41, 5.74) is 0.707. The Bertz CT molecular complexity index is 1160. The van der Waals surface area contributed by atoms with Gasteiger partial charge in [0.05, 0.1) is 40.4 Å². The molecule has 33 heavy (non-hydrogen) atoms. The number of hydrogen-bond acceptors (Lipinski definition) is 9. The van der Waals surface area contributed by atoms with Crippen molar-refractivity contribution < 1.29 is 29.1 Å². The molecule has 0 aliphatic carbocycles. The number of aliphatic imine (C=N–C) groups is 1. The van der Waals surface area contributed by atoms with Gasteiger partial charge in [0, 0.05) is 18.7 Å². The van der Waals surface area contributed by atoms with Gasteiger partial charge in [-0.2, -0.15) is 0 Å². The summed E-state index contributed by atoms with van der Waals surface area (Å²) in [6.45, 7) is 3.88. The van der Waals surface area contributed by atoms with Gasteiger partial charge in [-0.05, 0) is 56.0 Å². The lowest BCUT2D eigenvalue weighted by Gasteiger charge is -2.08. The molecule has 0 bridgehead atoms. The quantitative estimate of drug-likeness (QED) is 0.276. The molecule has 1 fully saturated rings. The number of thioether (sulfide) groups is 1. The van der Waals surface area contributed by atoms with Crippen LogP contribution in [0.3, 0.4) is 0 Å². The molecule has 11 heteroatoms. The van der Waals surface area contributed by atoms with Crippen LogP contribution >= 0.6 is 11.8 Å². The summed E-state index contributed by atoms with van der Waals surface area (Å²) in [6, 6.07) is 8.70. The Kier molecular flexibility index (Phi) is 7.34. The first-order valence-corrected chi connectivity index (χ1v) is 10.7. The van der Waals surface area contributed by atoms with Crippen LogP contribution in [-0.2, 0) is 9.53 Å². The van der Waals surface area contributed by atoms with Gasteiger partial charge in [-0.1, -0.05) is 0 Å². The van der Waals surface area contributed by atoms with Crippen LogP contribution in [0.4, 0.5) is 11.4 Å². The maximum absolute atomic E-state index is 12.7. The first kappa shape index (κ1) is 23.8. The van der Waals surface area contributed by atoms with Gasteiger partial charge in [-0.25, -0.2) is 9.79 Å². The number of nitrogens with zero attached hydrogens (tertiary/aromatic N) is 3. The normalized spacial score (nSPS) is 15.8. The van der Waals surface area contributed by atoms with Crippen LogP contribution in [0.1, 0.15) is 29.8 Å². The van der Waals surface area contributed by atoms with Crippen molar-refractivity contribution in [3.05, 3.63) is 62.5 Å². The second kappa shape index (κ2) is 10.2. The fourth-order valence-corrected chi connectivity index (χ4v) is 3.86. The van der Waals surface area contributed by atoms with Gasteiger partial charge in [0.1, 0.15) is 0 Å². The van der Waals surface area contributed by atoms with E-state index in [1.807, 2.05) is 0 Å². The average Bonchev–Trinajstić information content (AvgIpc) is 3.04. The van der Waals surface area contributed by atoms with Crippen LogP contribution in [0.25, 0.3) is 6.08 Å². The molecule has 1 heterocycles. The van der Waals surface area contributed by atoms with Gasteiger partial charge in [-0.3, -0.25) is 19.8 Å². The third-order valence-corrected chi connectivity index (χ3v) is 5.55. The highest BCUT2D eigenvalue weighted by Gasteiger charge is 2.31. The number of hydrogen-bond donors (Lipinski definition) is 1. The van der Waals surface area contributed by atoms with Crippen LogP contribution in [0.2, 0.25) is 0 Å². The topological polar surface area (TPSA) is 132 Å². The number of likely N-dealkylation sites (N-methyl/N-ethyl adjacent to an activating group) is 1. The lowest BCUT2D eigenvalue weighted by Crippen LogP contribution is -2.23. The summed E-state index contributed by atoms with van der Waals surface area (Å²) in [4.78, 5) is 41.1. The molecule has 0 saturated carbocycles. The van der Waals surface area contributed by atoms with E-state index in [0.29, 0.717) is 16.4 Å². The second-order valence-corrected chi connectivity index (χ2v) is 7.72. The summed E-state index contributed by atoms with van der Waals surface area (Å²) in [6.07, 6.45) is 1.36. The Hall–Kier alpha value is -3.86. The van der Waals surface area contributed by atoms with Crippen molar-refractivity contribution in [1.82, 2.24) is 4.90 Å². The fourth-order valence-electron chi connectivity index (χ4n) is 2.89. The van der Waals surface area contributed by atoms with Crippen molar-refractivity contribution >= 4 is 46.3 Å². The zero-order valence-corrected chi connectivity index (χ0v) is 18.9. The maximum Gasteiger partial charge on any atom is 0.338 e. The highest BCUT2D eigenvalue weighted by molar-refractivity contribution is 8.18. The minimum atomic E-state index is -0.605. The van der Waals surface area contributed by atoms with Gasteiger partial charge >= 0.3 is 5.97 Å². The smallest absolute Gasteiger partial charge is 0.338 e. The van der Waals surface area contributed by atoms with Crippen molar-refractivity contribution in [3.63, 3.8) is 0 Å². The van der Waals surface area contributed by atoms with Gasteiger partial charge in [0.25, 0.3) is 11.6 Å². The molecule has 2 aromatic rings. The molecule has 172 valence electrons. The zero-order chi connectivity index (χ0) is 24.1. The Balaban J connectivity index is 1.91. The molecular formula is C22H21N3O7S. The van der Waals surface area contributed by atoms with Gasteiger partial charge in [0.2, 0.25) is 0 Å². The molecule has 0 radical (unpaired) electrons. The first-order valence-electron chi connectivity index (χ1n) is 9.92. The minimum absolute atomic E-state index is 0.0436. The number of benzene rings is 2. The predicted molar refractivity (Wildman–Crippen MR) is 124 cm³/mol. The number of esters is 1. The number of non-ortho nitro benzene ring substituents is 1. The number of rotatable bonds is 7. The number of carbonyl (C=O) groups excluding carboxylic acids is 2. The molecule has 0 atom stereocenters. The van der Waals surface area contributed by atoms with Crippen molar-refractivity contribution in [2.75, 3.05) is 20.3 Å². The van der Waals surface area contributed by atoms with E-state index in [1.165, 1.54) is 17.0 Å². The van der Waals surface area contributed by atoms with E-state index in [1.54, 1.807) is 45.2 Å². The van der Waals surface area contributed by atoms with Crippen LogP contribution in [0.15, 0.2) is 46.3 Å². The van der Waals surface area contributed by atoms with Crippen molar-refractivity contribution in [2.24, 2.45) is 4.99 Å². The van der Waals surface area contributed by atoms with E-state index in [-0.39, 0.29) is 46.8 Å². The number of carbonyl (C=O) groups is 2. The van der Waals surface area contributed by atoms with Crippen LogP contribution < -0.4 is 4.74 Å². The Labute approximate surface area is 193 Å². The minimum Gasteiger partial charge on any atom is -0.504 e. The molecule has 2 aromatic carbocycles. The molecular weight excluding hydrogens is 450 g/mol. The van der Waals surface area contributed by atoms with Crippen molar-refractivity contribution in [2.45, 2.75) is 13.8 Å². The summed E-state index contributed by atoms with van der Waals surface area (Å²) >= 11 is 1.05. The van der Waals surface area contributed by atoms with Crippen LogP contribution in [0, 0.1) is 10.1 Å². The number of amidine groups is 1. The second-order valence-electron chi connectivity index (χ2n) is 6.71. The largest absolute Gasteiger partial charge is 0.504 e. The molecule has 1 N–H and O–H groups in total. The van der Waals surface area contributed by atoms with Crippen LogP contribution in [0.5, 0.6) is 11.5 Å². The van der Waals surface area contributed by atoms with E-state index in [0.717, 1.165) is 17.8 Å². The number of phenolic OH excluding ortho intramolecular Hbond substituents is 1. The highest BCUT2D eigenvalue weighted by atomic mass is 32.2. The van der Waals surface area contributed by atoms with Crippen molar-refractivity contribution in [3.8, 4) is 11.5 Å². The average molecular weight is 471 g/mol. The lowest BCUT2D eigenvalue weighted by atomic mass is 10.1. The SMILES string of the molecule is CCOC(=O)c1ccc(N=C2SC(=Cc3cc([N+](=O)[O-])cc(OCC)c3O)C(=O)N2C)cc1. The third kappa shape index (κ3) is 5.32. The molecule has 1 aliphatic rings. The van der Waals surface area contributed by atoms with E-state index < -0.39 is 10.9 Å². The third-order valence-electron chi connectivity index (χ3n) is 4.49. The molecule has 1 saturated heterocycles. The maximum atomic E-state index is 12.7. The summed E-state index contributed by atoms with van der Waals surface area (Å²) in [5, 5.41) is 22.1. The van der Waals surface area contributed by atoms with E-state index in [9.17, 15) is 24.8 Å². The number of ether oxygens (including phenoxy) is 2. The van der Waals surface area contributed by atoms with E-state index >= 15 is 0 Å². The monoisotopic (exact) mass is 471 g/mol. The Morgan fingerprint density at radius 3 is 2.55 bits per heavy atom. The van der Waals surface area contributed by atoms with Gasteiger partial charge < -0.3 is 14.6 Å². The summed E-state index contributed by atoms with van der Waals surface area (Å²) < 4.78 is 10.2. The zero-order valence-electron chi connectivity index (χ0n) is 18.1. The number of phenols is 1. The van der Waals surface area contributed by atoms with Crippen molar-refractivity contribution in [1.29, 1.82) is 0 Å². The standard InChI is InChI=1S/C22H21N3O7S/c1-4-31-17-12-16(25(29)30)10-14(19(17)26)11-18-20(27)24(3)22(33-18)23-15-8-6-13(7-9-15)21(28)32-5-2/h6-12,26H,4-5H2,1-3H3. The molecule has 0 spiro atoms. The van der Waals surface area contributed by atoms with E-state index in [2.05, 4.69) is 4.99 Å². The molecule has 1 amide bonds. The highest BCUT2D eigenvalue weighted by Crippen LogP contribution is 2.39. The molecule has 0 aromatic heterocycles. The van der Waals surface area contributed by atoms with Gasteiger partial charge in [-0.15, -0.1) is 0 Å². The lowest BCUT2D eigenvalue weighted by molar-refractivity contribution is -0.385. The van der Waals surface area contributed by atoms with E-state index in [4.69, 9.17) is 9.47 Å². The molecule has 1 aliphatic heterocycles.